The highest BCUT2D eigenvalue weighted by Gasteiger charge is 2.13. The molecule has 0 aliphatic carbocycles. The number of rotatable bonds is 2. The van der Waals surface area contributed by atoms with Gasteiger partial charge in [-0.2, -0.15) is 0 Å². The molecule has 3 rings (SSSR count). The molecule has 21 heavy (non-hydrogen) atoms. The second-order valence-electron chi connectivity index (χ2n) is 4.47. The Morgan fingerprint density at radius 1 is 1.05 bits per heavy atom. The number of carbonyl (C=O) groups excluding carboxylic acids is 1. The molecule has 0 unspecified atom stereocenters. The van der Waals surface area contributed by atoms with Gasteiger partial charge < -0.3 is 5.32 Å². The highest BCUT2D eigenvalue weighted by atomic mass is 35.5. The number of anilines is 1. The molecule has 3 nitrogen and oxygen atoms in total. The molecule has 2 aromatic carbocycles. The number of benzene rings is 2. The van der Waals surface area contributed by atoms with Crippen LogP contribution in [-0.4, -0.2) is 10.9 Å². The van der Waals surface area contributed by atoms with Gasteiger partial charge in [-0.05, 0) is 24.3 Å². The Morgan fingerprint density at radius 3 is 2.71 bits per heavy atom. The van der Waals surface area contributed by atoms with Crippen molar-refractivity contribution in [1.82, 2.24) is 4.98 Å². The van der Waals surface area contributed by atoms with Crippen LogP contribution in [0.15, 0.2) is 54.7 Å². The van der Waals surface area contributed by atoms with Crippen LogP contribution in [0.2, 0.25) is 10.0 Å². The first-order valence-electron chi connectivity index (χ1n) is 6.25. The molecule has 0 aliphatic rings. The van der Waals surface area contributed by atoms with E-state index < -0.39 is 0 Å². The summed E-state index contributed by atoms with van der Waals surface area (Å²) < 4.78 is 0. The Labute approximate surface area is 131 Å². The lowest BCUT2D eigenvalue weighted by Crippen LogP contribution is -2.12. The van der Waals surface area contributed by atoms with Crippen LogP contribution in [0.1, 0.15) is 10.4 Å². The Morgan fingerprint density at radius 2 is 1.86 bits per heavy atom. The summed E-state index contributed by atoms with van der Waals surface area (Å²) in [4.78, 5) is 16.5. The Kier molecular flexibility index (Phi) is 3.78. The number of amides is 1. The van der Waals surface area contributed by atoms with Gasteiger partial charge in [0.05, 0.1) is 33.0 Å². The van der Waals surface area contributed by atoms with E-state index in [1.165, 1.54) is 0 Å². The summed E-state index contributed by atoms with van der Waals surface area (Å²) in [6.07, 6.45) is 1.61. The van der Waals surface area contributed by atoms with Gasteiger partial charge in [0.15, 0.2) is 0 Å². The lowest BCUT2D eigenvalue weighted by atomic mass is 10.2. The first-order chi connectivity index (χ1) is 10.1. The quantitative estimate of drug-likeness (QED) is 0.738. The van der Waals surface area contributed by atoms with Gasteiger partial charge in [-0.15, -0.1) is 0 Å². The Balaban J connectivity index is 1.91. The van der Waals surface area contributed by atoms with E-state index in [4.69, 9.17) is 23.2 Å². The molecule has 1 aromatic heterocycles. The second kappa shape index (κ2) is 5.72. The van der Waals surface area contributed by atoms with Crippen molar-refractivity contribution >= 4 is 45.7 Å². The maximum Gasteiger partial charge on any atom is 0.257 e. The van der Waals surface area contributed by atoms with E-state index in [9.17, 15) is 4.79 Å². The predicted molar refractivity (Wildman–Crippen MR) is 86.2 cm³/mol. The minimum atomic E-state index is -0.320. The maximum atomic E-state index is 12.2. The third-order valence-electron chi connectivity index (χ3n) is 3.04. The number of halogens is 2. The van der Waals surface area contributed by atoms with E-state index in [0.29, 0.717) is 16.3 Å². The van der Waals surface area contributed by atoms with Gasteiger partial charge in [0.2, 0.25) is 0 Å². The van der Waals surface area contributed by atoms with E-state index in [0.717, 1.165) is 10.9 Å². The molecule has 5 heteroatoms. The largest absolute Gasteiger partial charge is 0.321 e. The molecule has 3 aromatic rings. The first-order valence-corrected chi connectivity index (χ1v) is 7.01. The standard InChI is InChI=1S/C16H10Cl2N2O/c17-13-6-3-5-12(15(13)18)16(21)20-11-8-10-4-1-2-7-14(10)19-9-11/h1-9H,(H,20,21). The molecule has 0 spiro atoms. The molecule has 1 heterocycles. The normalized spacial score (nSPS) is 10.6. The number of nitrogens with zero attached hydrogens (tertiary/aromatic N) is 1. The highest BCUT2D eigenvalue weighted by Crippen LogP contribution is 2.26. The van der Waals surface area contributed by atoms with Crippen molar-refractivity contribution in [1.29, 1.82) is 0 Å². The molecule has 104 valence electrons. The molecular weight excluding hydrogens is 307 g/mol. The second-order valence-corrected chi connectivity index (χ2v) is 5.26. The predicted octanol–water partition coefficient (Wildman–Crippen LogP) is 4.79. The fourth-order valence-corrected chi connectivity index (χ4v) is 2.40. The fraction of sp³-hybridized carbons (Fsp3) is 0. The van der Waals surface area contributed by atoms with Crippen molar-refractivity contribution in [3.8, 4) is 0 Å². The zero-order valence-corrected chi connectivity index (χ0v) is 12.3. The molecule has 1 N–H and O–H groups in total. The smallest absolute Gasteiger partial charge is 0.257 e. The van der Waals surface area contributed by atoms with Crippen LogP contribution in [0.25, 0.3) is 10.9 Å². The third kappa shape index (κ3) is 2.84. The van der Waals surface area contributed by atoms with Gasteiger partial charge in [0, 0.05) is 5.39 Å². The average molecular weight is 317 g/mol. The Bertz CT molecular complexity index is 833. The Hall–Kier alpha value is -2.10. The van der Waals surface area contributed by atoms with Crippen LogP contribution in [-0.2, 0) is 0 Å². The number of pyridine rings is 1. The van der Waals surface area contributed by atoms with Crippen LogP contribution in [0.5, 0.6) is 0 Å². The van der Waals surface area contributed by atoms with Gasteiger partial charge >= 0.3 is 0 Å². The molecule has 0 fully saturated rings. The molecule has 0 atom stereocenters. The molecule has 0 saturated carbocycles. The summed E-state index contributed by atoms with van der Waals surface area (Å²) in [6, 6.07) is 14.5. The zero-order chi connectivity index (χ0) is 14.8. The monoisotopic (exact) mass is 316 g/mol. The summed E-state index contributed by atoms with van der Waals surface area (Å²) >= 11 is 12.0. The van der Waals surface area contributed by atoms with Gasteiger partial charge in [-0.1, -0.05) is 47.5 Å². The van der Waals surface area contributed by atoms with Crippen molar-refractivity contribution in [3.63, 3.8) is 0 Å². The summed E-state index contributed by atoms with van der Waals surface area (Å²) in [6.45, 7) is 0. The highest BCUT2D eigenvalue weighted by molar-refractivity contribution is 6.44. The van der Waals surface area contributed by atoms with E-state index in [-0.39, 0.29) is 10.9 Å². The van der Waals surface area contributed by atoms with Crippen LogP contribution in [0.3, 0.4) is 0 Å². The molecule has 0 aliphatic heterocycles. The van der Waals surface area contributed by atoms with Crippen molar-refractivity contribution in [2.45, 2.75) is 0 Å². The summed E-state index contributed by atoms with van der Waals surface area (Å²) in [7, 11) is 0. The van der Waals surface area contributed by atoms with Crippen LogP contribution in [0, 0.1) is 0 Å². The summed E-state index contributed by atoms with van der Waals surface area (Å²) in [5.74, 6) is -0.320. The van der Waals surface area contributed by atoms with Gasteiger partial charge in [-0.25, -0.2) is 0 Å². The minimum absolute atomic E-state index is 0.241. The fourth-order valence-electron chi connectivity index (χ4n) is 2.02. The van der Waals surface area contributed by atoms with Crippen LogP contribution in [0.4, 0.5) is 5.69 Å². The van der Waals surface area contributed by atoms with Gasteiger partial charge in [0.25, 0.3) is 5.91 Å². The van der Waals surface area contributed by atoms with E-state index in [2.05, 4.69) is 10.3 Å². The number of nitrogens with one attached hydrogen (secondary N) is 1. The molecular formula is C16H10Cl2N2O. The van der Waals surface area contributed by atoms with Crippen molar-refractivity contribution in [2.24, 2.45) is 0 Å². The van der Waals surface area contributed by atoms with E-state index >= 15 is 0 Å². The van der Waals surface area contributed by atoms with Crippen molar-refractivity contribution < 1.29 is 4.79 Å². The third-order valence-corrected chi connectivity index (χ3v) is 3.86. The first kappa shape index (κ1) is 13.9. The molecule has 0 saturated heterocycles. The topological polar surface area (TPSA) is 42.0 Å². The number of hydrogen-bond acceptors (Lipinski definition) is 2. The number of fused-ring (bicyclic) bond motifs is 1. The molecule has 0 bridgehead atoms. The average Bonchev–Trinajstić information content (AvgIpc) is 2.50. The van der Waals surface area contributed by atoms with Gasteiger partial charge in [0.1, 0.15) is 0 Å². The van der Waals surface area contributed by atoms with E-state index in [1.54, 1.807) is 24.4 Å². The molecule has 0 radical (unpaired) electrons. The zero-order valence-electron chi connectivity index (χ0n) is 10.8. The number of aromatic nitrogens is 1. The van der Waals surface area contributed by atoms with Gasteiger partial charge in [-0.3, -0.25) is 9.78 Å². The van der Waals surface area contributed by atoms with E-state index in [1.807, 2.05) is 30.3 Å². The molecule has 1 amide bonds. The SMILES string of the molecule is O=C(Nc1cnc2ccccc2c1)c1cccc(Cl)c1Cl. The lowest BCUT2D eigenvalue weighted by molar-refractivity contribution is 0.102. The van der Waals surface area contributed by atoms with Crippen molar-refractivity contribution in [3.05, 3.63) is 70.3 Å². The minimum Gasteiger partial charge on any atom is -0.321 e. The number of carbonyl (C=O) groups is 1. The number of hydrogen-bond donors (Lipinski definition) is 1. The van der Waals surface area contributed by atoms with Crippen LogP contribution >= 0.6 is 23.2 Å². The summed E-state index contributed by atoms with van der Waals surface area (Å²) in [5, 5.41) is 4.31. The summed E-state index contributed by atoms with van der Waals surface area (Å²) in [5.41, 5.74) is 1.81. The number of para-hydroxylation sites is 1. The maximum absolute atomic E-state index is 12.2. The van der Waals surface area contributed by atoms with Crippen LogP contribution < -0.4 is 5.32 Å². The van der Waals surface area contributed by atoms with Crippen molar-refractivity contribution in [2.75, 3.05) is 5.32 Å². The lowest BCUT2D eigenvalue weighted by Gasteiger charge is -2.08.